The number of carbonyl (C=O) groups excluding carboxylic acids is 1. The topological polar surface area (TPSA) is 29.1 Å². The second kappa shape index (κ2) is 4.68. The Hall–Kier alpha value is -1.00. The number of thiol groups is 1. The van der Waals surface area contributed by atoms with E-state index < -0.39 is 0 Å². The third-order valence-corrected chi connectivity index (χ3v) is 3.28. The van der Waals surface area contributed by atoms with Gasteiger partial charge >= 0.3 is 0 Å². The molecule has 1 aromatic heterocycles. The standard InChI is InChI=1S/C11H11NOS2/c13-11(5-6-14)12-9-7-15-10-4-2-1-3-8(9)10/h1-4,7,14H,5-6H2,(H,12,13). The number of rotatable bonds is 3. The summed E-state index contributed by atoms with van der Waals surface area (Å²) in [6, 6.07) is 8.04. The second-order valence-electron chi connectivity index (χ2n) is 3.17. The summed E-state index contributed by atoms with van der Waals surface area (Å²) in [5.74, 6) is 0.599. The Balaban J connectivity index is 2.25. The van der Waals surface area contributed by atoms with Crippen molar-refractivity contribution in [2.45, 2.75) is 6.42 Å². The number of anilines is 1. The van der Waals surface area contributed by atoms with Gasteiger partial charge in [-0.15, -0.1) is 11.3 Å². The fourth-order valence-corrected chi connectivity index (χ4v) is 2.48. The average molecular weight is 237 g/mol. The van der Waals surface area contributed by atoms with Crippen LogP contribution in [0.15, 0.2) is 29.6 Å². The van der Waals surface area contributed by atoms with Gasteiger partial charge in [-0.3, -0.25) is 4.79 Å². The zero-order valence-electron chi connectivity index (χ0n) is 8.06. The molecule has 78 valence electrons. The minimum atomic E-state index is 0.0218. The highest BCUT2D eigenvalue weighted by Crippen LogP contribution is 2.29. The quantitative estimate of drug-likeness (QED) is 0.789. The molecule has 0 aliphatic carbocycles. The smallest absolute Gasteiger partial charge is 0.225 e. The van der Waals surface area contributed by atoms with Gasteiger partial charge in [0, 0.05) is 21.9 Å². The highest BCUT2D eigenvalue weighted by molar-refractivity contribution is 7.80. The molecule has 1 N–H and O–H groups in total. The highest BCUT2D eigenvalue weighted by atomic mass is 32.1. The highest BCUT2D eigenvalue weighted by Gasteiger charge is 2.06. The number of hydrogen-bond acceptors (Lipinski definition) is 3. The molecule has 15 heavy (non-hydrogen) atoms. The summed E-state index contributed by atoms with van der Waals surface area (Å²) in [5.41, 5.74) is 0.905. The van der Waals surface area contributed by atoms with E-state index >= 15 is 0 Å². The average Bonchev–Trinajstić information content (AvgIpc) is 2.62. The van der Waals surface area contributed by atoms with E-state index in [-0.39, 0.29) is 5.91 Å². The summed E-state index contributed by atoms with van der Waals surface area (Å²) in [5, 5.41) is 5.97. The molecule has 0 bridgehead atoms. The van der Waals surface area contributed by atoms with E-state index in [1.54, 1.807) is 11.3 Å². The summed E-state index contributed by atoms with van der Waals surface area (Å²) in [4.78, 5) is 11.4. The number of fused-ring (bicyclic) bond motifs is 1. The van der Waals surface area contributed by atoms with Crippen LogP contribution in [0.2, 0.25) is 0 Å². The van der Waals surface area contributed by atoms with Gasteiger partial charge in [0.25, 0.3) is 0 Å². The largest absolute Gasteiger partial charge is 0.325 e. The summed E-state index contributed by atoms with van der Waals surface area (Å²) in [6.07, 6.45) is 0.452. The van der Waals surface area contributed by atoms with E-state index in [0.29, 0.717) is 12.2 Å². The zero-order valence-corrected chi connectivity index (χ0v) is 9.78. The van der Waals surface area contributed by atoms with Crippen LogP contribution in [0.5, 0.6) is 0 Å². The Labute approximate surface area is 97.7 Å². The maximum atomic E-state index is 11.4. The third-order valence-electron chi connectivity index (χ3n) is 2.09. The lowest BCUT2D eigenvalue weighted by atomic mass is 10.2. The lowest BCUT2D eigenvalue weighted by Gasteiger charge is -2.01. The monoisotopic (exact) mass is 237 g/mol. The van der Waals surface area contributed by atoms with Crippen LogP contribution in [-0.2, 0) is 4.79 Å². The van der Waals surface area contributed by atoms with E-state index in [1.807, 2.05) is 29.6 Å². The molecule has 1 aromatic carbocycles. The molecule has 0 atom stereocenters. The van der Waals surface area contributed by atoms with Gasteiger partial charge in [0.2, 0.25) is 5.91 Å². The normalized spacial score (nSPS) is 10.5. The van der Waals surface area contributed by atoms with Crippen molar-refractivity contribution in [3.63, 3.8) is 0 Å². The molecule has 2 nitrogen and oxygen atoms in total. The minimum Gasteiger partial charge on any atom is -0.325 e. The summed E-state index contributed by atoms with van der Waals surface area (Å²) >= 11 is 5.67. The maximum absolute atomic E-state index is 11.4. The zero-order chi connectivity index (χ0) is 10.7. The van der Waals surface area contributed by atoms with Crippen molar-refractivity contribution in [3.05, 3.63) is 29.6 Å². The van der Waals surface area contributed by atoms with Crippen molar-refractivity contribution < 1.29 is 4.79 Å². The Kier molecular flexibility index (Phi) is 3.28. The van der Waals surface area contributed by atoms with Gasteiger partial charge in [-0.25, -0.2) is 0 Å². The number of hydrogen-bond donors (Lipinski definition) is 2. The van der Waals surface area contributed by atoms with Crippen LogP contribution < -0.4 is 5.32 Å². The predicted octanol–water partition coefficient (Wildman–Crippen LogP) is 3.16. The number of thiophene rings is 1. The third kappa shape index (κ3) is 2.33. The van der Waals surface area contributed by atoms with Crippen molar-refractivity contribution in [3.8, 4) is 0 Å². The lowest BCUT2D eigenvalue weighted by Crippen LogP contribution is -2.11. The van der Waals surface area contributed by atoms with Gasteiger partial charge in [-0.1, -0.05) is 18.2 Å². The van der Waals surface area contributed by atoms with Crippen LogP contribution >= 0.6 is 24.0 Å². The fourth-order valence-electron chi connectivity index (χ4n) is 1.39. The van der Waals surface area contributed by atoms with E-state index in [2.05, 4.69) is 17.9 Å². The molecule has 2 aromatic rings. The fraction of sp³-hybridized carbons (Fsp3) is 0.182. The van der Waals surface area contributed by atoms with E-state index in [0.717, 1.165) is 11.1 Å². The first-order valence-corrected chi connectivity index (χ1v) is 6.19. The maximum Gasteiger partial charge on any atom is 0.225 e. The van der Waals surface area contributed by atoms with Crippen LogP contribution in [0, 0.1) is 0 Å². The lowest BCUT2D eigenvalue weighted by molar-refractivity contribution is -0.115. The molecule has 0 unspecified atom stereocenters. The van der Waals surface area contributed by atoms with E-state index in [4.69, 9.17) is 0 Å². The molecule has 0 aliphatic heterocycles. The molecule has 0 saturated carbocycles. The van der Waals surface area contributed by atoms with Crippen molar-refractivity contribution >= 4 is 45.6 Å². The summed E-state index contributed by atoms with van der Waals surface area (Å²) in [6.45, 7) is 0. The second-order valence-corrected chi connectivity index (χ2v) is 4.53. The molecule has 0 radical (unpaired) electrons. The first-order valence-electron chi connectivity index (χ1n) is 4.68. The number of nitrogens with one attached hydrogen (secondary N) is 1. The van der Waals surface area contributed by atoms with E-state index in [9.17, 15) is 4.79 Å². The Morgan fingerprint density at radius 2 is 2.20 bits per heavy atom. The first kappa shape index (κ1) is 10.5. The minimum absolute atomic E-state index is 0.0218. The van der Waals surface area contributed by atoms with Crippen LogP contribution in [0.25, 0.3) is 10.1 Å². The van der Waals surface area contributed by atoms with Crippen molar-refractivity contribution in [1.82, 2.24) is 0 Å². The molecule has 0 aliphatic rings. The molecule has 0 spiro atoms. The molecule has 1 amide bonds. The molecular formula is C11H11NOS2. The Morgan fingerprint density at radius 1 is 1.40 bits per heavy atom. The van der Waals surface area contributed by atoms with E-state index in [1.165, 1.54) is 4.70 Å². The van der Waals surface area contributed by atoms with Crippen LogP contribution in [0.4, 0.5) is 5.69 Å². The molecular weight excluding hydrogens is 226 g/mol. The number of amides is 1. The van der Waals surface area contributed by atoms with Crippen molar-refractivity contribution in [1.29, 1.82) is 0 Å². The molecule has 2 rings (SSSR count). The van der Waals surface area contributed by atoms with Crippen LogP contribution in [-0.4, -0.2) is 11.7 Å². The van der Waals surface area contributed by atoms with Gasteiger partial charge in [0.1, 0.15) is 0 Å². The number of carbonyl (C=O) groups is 1. The summed E-state index contributed by atoms with van der Waals surface area (Å²) < 4.78 is 1.19. The van der Waals surface area contributed by atoms with Crippen LogP contribution in [0.3, 0.4) is 0 Å². The number of benzene rings is 1. The Morgan fingerprint density at radius 3 is 3.00 bits per heavy atom. The van der Waals surface area contributed by atoms with Gasteiger partial charge in [-0.05, 0) is 11.8 Å². The first-order chi connectivity index (χ1) is 7.31. The molecule has 0 fully saturated rings. The van der Waals surface area contributed by atoms with Gasteiger partial charge in [0.15, 0.2) is 0 Å². The molecule has 0 saturated heterocycles. The van der Waals surface area contributed by atoms with Gasteiger partial charge < -0.3 is 5.32 Å². The molecule has 1 heterocycles. The van der Waals surface area contributed by atoms with Crippen LogP contribution in [0.1, 0.15) is 6.42 Å². The van der Waals surface area contributed by atoms with Gasteiger partial charge in [0.05, 0.1) is 5.69 Å². The SMILES string of the molecule is O=C(CCS)Nc1csc2ccccc12. The van der Waals surface area contributed by atoms with Crippen molar-refractivity contribution in [2.75, 3.05) is 11.1 Å². The summed E-state index contributed by atoms with van der Waals surface area (Å²) in [7, 11) is 0. The van der Waals surface area contributed by atoms with Crippen molar-refractivity contribution in [2.24, 2.45) is 0 Å². The molecule has 4 heteroatoms. The van der Waals surface area contributed by atoms with Gasteiger partial charge in [-0.2, -0.15) is 12.6 Å². The predicted molar refractivity (Wildman–Crippen MR) is 68.9 cm³/mol. The Bertz CT molecular complexity index is 478.